The summed E-state index contributed by atoms with van der Waals surface area (Å²) in [6, 6.07) is 7.65. The van der Waals surface area contributed by atoms with E-state index in [1.54, 1.807) is 18.2 Å². The van der Waals surface area contributed by atoms with Crippen molar-refractivity contribution in [3.63, 3.8) is 0 Å². The molecule has 0 radical (unpaired) electrons. The molecule has 1 heterocycles. The molecule has 0 spiro atoms. The molecule has 0 bridgehead atoms. The summed E-state index contributed by atoms with van der Waals surface area (Å²) >= 11 is 17.6. The maximum absolute atomic E-state index is 11.8. The van der Waals surface area contributed by atoms with Crippen molar-refractivity contribution in [2.24, 2.45) is 0 Å². The van der Waals surface area contributed by atoms with Crippen molar-refractivity contribution in [3.05, 3.63) is 57.3 Å². The standard InChI is InChI=1S/C14H9Cl3N2O3/c15-8-4-5-18-11(6-8)14(21)22-7-12(20)19-13-9(16)2-1-3-10(13)17/h1-6H,7H2,(H,19,20). The molecule has 1 aromatic carbocycles. The number of halogens is 3. The summed E-state index contributed by atoms with van der Waals surface area (Å²) < 4.78 is 4.84. The lowest BCUT2D eigenvalue weighted by molar-refractivity contribution is -0.119. The molecule has 0 unspecified atom stereocenters. The zero-order chi connectivity index (χ0) is 16.1. The number of anilines is 1. The second-order valence-corrected chi connectivity index (χ2v) is 5.33. The highest BCUT2D eigenvalue weighted by Gasteiger charge is 2.14. The molecular weight excluding hydrogens is 351 g/mol. The van der Waals surface area contributed by atoms with Gasteiger partial charge in [-0.3, -0.25) is 4.79 Å². The molecule has 0 saturated heterocycles. The van der Waals surface area contributed by atoms with Crippen molar-refractivity contribution >= 4 is 52.4 Å². The summed E-state index contributed by atoms with van der Waals surface area (Å²) in [6.45, 7) is -0.505. The van der Waals surface area contributed by atoms with Gasteiger partial charge < -0.3 is 10.1 Å². The van der Waals surface area contributed by atoms with Crippen molar-refractivity contribution in [1.29, 1.82) is 0 Å². The molecule has 5 nitrogen and oxygen atoms in total. The fourth-order valence-electron chi connectivity index (χ4n) is 1.51. The van der Waals surface area contributed by atoms with Gasteiger partial charge in [-0.05, 0) is 24.3 Å². The molecule has 0 saturated carbocycles. The van der Waals surface area contributed by atoms with Gasteiger partial charge in [-0.15, -0.1) is 0 Å². The number of para-hydroxylation sites is 1. The number of hydrogen-bond donors (Lipinski definition) is 1. The molecule has 2 aromatic rings. The van der Waals surface area contributed by atoms with Crippen molar-refractivity contribution in [1.82, 2.24) is 4.98 Å². The zero-order valence-corrected chi connectivity index (χ0v) is 13.2. The third-order valence-electron chi connectivity index (χ3n) is 2.49. The minimum absolute atomic E-state index is 0.0103. The van der Waals surface area contributed by atoms with E-state index in [2.05, 4.69) is 10.3 Å². The van der Waals surface area contributed by atoms with Gasteiger partial charge in [0.2, 0.25) is 0 Å². The van der Waals surface area contributed by atoms with Crippen LogP contribution in [0.1, 0.15) is 10.5 Å². The lowest BCUT2D eigenvalue weighted by atomic mass is 10.3. The lowest BCUT2D eigenvalue weighted by Crippen LogP contribution is -2.21. The van der Waals surface area contributed by atoms with E-state index in [0.29, 0.717) is 5.02 Å². The van der Waals surface area contributed by atoms with E-state index in [4.69, 9.17) is 39.5 Å². The van der Waals surface area contributed by atoms with E-state index < -0.39 is 18.5 Å². The minimum atomic E-state index is -0.761. The Hall–Kier alpha value is -1.82. The predicted molar refractivity (Wildman–Crippen MR) is 84.6 cm³/mol. The van der Waals surface area contributed by atoms with E-state index in [1.165, 1.54) is 18.3 Å². The average molecular weight is 360 g/mol. The largest absolute Gasteiger partial charge is 0.451 e. The molecule has 8 heteroatoms. The second kappa shape index (κ2) is 7.45. The number of ether oxygens (including phenoxy) is 1. The van der Waals surface area contributed by atoms with Gasteiger partial charge in [0.15, 0.2) is 6.61 Å². The number of hydrogen-bond acceptors (Lipinski definition) is 4. The first kappa shape index (κ1) is 16.5. The van der Waals surface area contributed by atoms with Gasteiger partial charge in [0.25, 0.3) is 5.91 Å². The molecular formula is C14H9Cl3N2O3. The number of aromatic nitrogens is 1. The fourth-order valence-corrected chi connectivity index (χ4v) is 2.17. The summed E-state index contributed by atoms with van der Waals surface area (Å²) in [5.74, 6) is -1.34. The van der Waals surface area contributed by atoms with Gasteiger partial charge in [-0.2, -0.15) is 0 Å². The molecule has 22 heavy (non-hydrogen) atoms. The number of nitrogens with one attached hydrogen (secondary N) is 1. The van der Waals surface area contributed by atoms with Crippen LogP contribution in [0.5, 0.6) is 0 Å². The van der Waals surface area contributed by atoms with Crippen LogP contribution in [0.2, 0.25) is 15.1 Å². The Bertz CT molecular complexity index is 702. The molecule has 1 aromatic heterocycles. The highest BCUT2D eigenvalue weighted by molar-refractivity contribution is 6.39. The van der Waals surface area contributed by atoms with Crippen LogP contribution < -0.4 is 5.32 Å². The first-order valence-electron chi connectivity index (χ1n) is 6.00. The predicted octanol–water partition coefficient (Wildman–Crippen LogP) is 3.84. The zero-order valence-electron chi connectivity index (χ0n) is 11.0. The molecule has 0 aliphatic rings. The van der Waals surface area contributed by atoms with Crippen LogP contribution in [0.3, 0.4) is 0 Å². The Balaban J connectivity index is 1.94. The van der Waals surface area contributed by atoms with Gasteiger partial charge in [0.1, 0.15) is 5.69 Å². The Morgan fingerprint density at radius 1 is 1.14 bits per heavy atom. The van der Waals surface area contributed by atoms with Gasteiger partial charge in [-0.25, -0.2) is 9.78 Å². The van der Waals surface area contributed by atoms with Gasteiger partial charge in [-0.1, -0.05) is 40.9 Å². The summed E-state index contributed by atoms with van der Waals surface area (Å²) in [4.78, 5) is 27.3. The maximum Gasteiger partial charge on any atom is 0.357 e. The van der Waals surface area contributed by atoms with Crippen molar-refractivity contribution in [2.75, 3.05) is 11.9 Å². The number of amides is 1. The number of benzene rings is 1. The number of nitrogens with zero attached hydrogens (tertiary/aromatic N) is 1. The number of esters is 1. The molecule has 2 rings (SSSR count). The van der Waals surface area contributed by atoms with Crippen molar-refractivity contribution in [3.8, 4) is 0 Å². The van der Waals surface area contributed by atoms with Crippen LogP contribution in [0.4, 0.5) is 5.69 Å². The van der Waals surface area contributed by atoms with E-state index in [0.717, 1.165) is 0 Å². The van der Waals surface area contributed by atoms with Gasteiger partial charge in [0.05, 0.1) is 15.7 Å². The molecule has 0 atom stereocenters. The number of carbonyl (C=O) groups is 2. The van der Waals surface area contributed by atoms with Crippen LogP contribution >= 0.6 is 34.8 Å². The SMILES string of the molecule is O=C(COC(=O)c1cc(Cl)ccn1)Nc1c(Cl)cccc1Cl. The summed E-state index contributed by atoms with van der Waals surface area (Å²) in [5, 5.41) is 3.37. The van der Waals surface area contributed by atoms with Crippen LogP contribution in [-0.2, 0) is 9.53 Å². The van der Waals surface area contributed by atoms with Crippen LogP contribution in [0.15, 0.2) is 36.5 Å². The first-order chi connectivity index (χ1) is 10.5. The van der Waals surface area contributed by atoms with Crippen molar-refractivity contribution in [2.45, 2.75) is 0 Å². The average Bonchev–Trinajstić information content (AvgIpc) is 2.48. The number of carbonyl (C=O) groups excluding carboxylic acids is 2. The van der Waals surface area contributed by atoms with E-state index in [1.807, 2.05) is 0 Å². The first-order valence-corrected chi connectivity index (χ1v) is 7.13. The van der Waals surface area contributed by atoms with Crippen LogP contribution in [-0.4, -0.2) is 23.5 Å². The van der Waals surface area contributed by atoms with E-state index in [-0.39, 0.29) is 21.4 Å². The summed E-state index contributed by atoms with van der Waals surface area (Å²) in [6.07, 6.45) is 1.36. The molecule has 1 N–H and O–H groups in total. The third kappa shape index (κ3) is 4.34. The summed E-state index contributed by atoms with van der Waals surface area (Å²) in [5.41, 5.74) is 0.267. The molecule has 114 valence electrons. The molecule has 0 aliphatic heterocycles. The molecule has 0 fully saturated rings. The van der Waals surface area contributed by atoms with Crippen LogP contribution in [0, 0.1) is 0 Å². The number of rotatable bonds is 4. The van der Waals surface area contributed by atoms with E-state index >= 15 is 0 Å². The Kier molecular flexibility index (Phi) is 5.60. The Morgan fingerprint density at radius 3 is 2.45 bits per heavy atom. The maximum atomic E-state index is 11.8. The highest BCUT2D eigenvalue weighted by atomic mass is 35.5. The van der Waals surface area contributed by atoms with Crippen LogP contribution in [0.25, 0.3) is 0 Å². The monoisotopic (exact) mass is 358 g/mol. The summed E-state index contributed by atoms with van der Waals surface area (Å²) in [7, 11) is 0. The van der Waals surface area contributed by atoms with Gasteiger partial charge >= 0.3 is 5.97 Å². The smallest absolute Gasteiger partial charge is 0.357 e. The fraction of sp³-hybridized carbons (Fsp3) is 0.0714. The van der Waals surface area contributed by atoms with Crippen molar-refractivity contribution < 1.29 is 14.3 Å². The third-order valence-corrected chi connectivity index (χ3v) is 3.36. The lowest BCUT2D eigenvalue weighted by Gasteiger charge is -2.09. The minimum Gasteiger partial charge on any atom is -0.451 e. The quantitative estimate of drug-likeness (QED) is 0.842. The second-order valence-electron chi connectivity index (χ2n) is 4.08. The van der Waals surface area contributed by atoms with Gasteiger partial charge in [0, 0.05) is 11.2 Å². The van der Waals surface area contributed by atoms with E-state index in [9.17, 15) is 9.59 Å². The topological polar surface area (TPSA) is 68.3 Å². The Labute approximate surface area is 141 Å². The number of pyridine rings is 1. The normalized spacial score (nSPS) is 10.1. The Morgan fingerprint density at radius 2 is 1.82 bits per heavy atom. The molecule has 0 aliphatic carbocycles. The highest BCUT2D eigenvalue weighted by Crippen LogP contribution is 2.29. The molecule has 1 amide bonds.